The fourth-order valence-electron chi connectivity index (χ4n) is 3.76. The predicted molar refractivity (Wildman–Crippen MR) is 130 cm³/mol. The fourth-order valence-corrected chi connectivity index (χ4v) is 3.76. The first-order valence-electron chi connectivity index (χ1n) is 11.0. The Kier molecular flexibility index (Phi) is 6.05. The molecular weight excluding hydrogens is 464 g/mol. The second kappa shape index (κ2) is 9.62. The van der Waals surface area contributed by atoms with Gasteiger partial charge in [-0.05, 0) is 11.6 Å². The van der Waals surface area contributed by atoms with Crippen LogP contribution in [0.1, 0.15) is 16.1 Å². The van der Waals surface area contributed by atoms with Crippen molar-refractivity contribution in [3.05, 3.63) is 105 Å². The van der Waals surface area contributed by atoms with E-state index in [1.54, 1.807) is 22.9 Å². The molecule has 3 heterocycles. The van der Waals surface area contributed by atoms with E-state index in [1.165, 1.54) is 29.2 Å². The van der Waals surface area contributed by atoms with E-state index in [-0.39, 0.29) is 30.2 Å². The summed E-state index contributed by atoms with van der Waals surface area (Å²) in [5.41, 5.74) is 2.76. The number of nitro groups is 1. The molecule has 12 nitrogen and oxygen atoms in total. The van der Waals surface area contributed by atoms with Crippen LogP contribution in [0.3, 0.4) is 0 Å². The van der Waals surface area contributed by atoms with Gasteiger partial charge in [0.15, 0.2) is 5.65 Å². The van der Waals surface area contributed by atoms with E-state index in [9.17, 15) is 19.7 Å². The van der Waals surface area contributed by atoms with E-state index >= 15 is 0 Å². The van der Waals surface area contributed by atoms with Crippen LogP contribution in [0.25, 0.3) is 22.3 Å². The number of amides is 1. The zero-order valence-electron chi connectivity index (χ0n) is 18.9. The summed E-state index contributed by atoms with van der Waals surface area (Å²) in [6.45, 7) is 0.798. The number of H-pyrrole nitrogens is 1. The minimum Gasteiger partial charge on any atom is -0.349 e. The number of non-ortho nitro benzene ring substituents is 1. The van der Waals surface area contributed by atoms with Crippen molar-refractivity contribution in [1.82, 2.24) is 34.8 Å². The van der Waals surface area contributed by atoms with Crippen LogP contribution < -0.4 is 10.9 Å². The summed E-state index contributed by atoms with van der Waals surface area (Å²) >= 11 is 0. The maximum Gasteiger partial charge on any atom is 0.269 e. The van der Waals surface area contributed by atoms with Gasteiger partial charge in [-0.3, -0.25) is 29.4 Å². The lowest BCUT2D eigenvalue weighted by molar-refractivity contribution is -0.384. The van der Waals surface area contributed by atoms with Crippen LogP contribution in [0, 0.1) is 10.1 Å². The van der Waals surface area contributed by atoms with Gasteiger partial charge in [0, 0.05) is 24.2 Å². The van der Waals surface area contributed by atoms with Gasteiger partial charge in [0.1, 0.15) is 17.4 Å². The van der Waals surface area contributed by atoms with Gasteiger partial charge in [0.25, 0.3) is 17.2 Å². The molecule has 1 amide bonds. The third-order valence-corrected chi connectivity index (χ3v) is 5.62. The summed E-state index contributed by atoms with van der Waals surface area (Å²) in [6.07, 6.45) is 2.86. The first-order valence-corrected chi connectivity index (χ1v) is 11.0. The molecule has 0 radical (unpaired) electrons. The number of hydrogen-bond acceptors (Lipinski definition) is 7. The fraction of sp³-hybridized carbons (Fsp3) is 0.125. The van der Waals surface area contributed by atoms with Crippen LogP contribution in [0.2, 0.25) is 0 Å². The Morgan fingerprint density at radius 3 is 2.64 bits per heavy atom. The molecule has 2 N–H and O–H groups in total. The molecule has 5 rings (SSSR count). The molecule has 0 aliphatic rings. The molecule has 0 aliphatic carbocycles. The highest BCUT2D eigenvalue weighted by Crippen LogP contribution is 2.17. The van der Waals surface area contributed by atoms with Crippen LogP contribution in [0.15, 0.2) is 78.0 Å². The Bertz CT molecular complexity index is 1600. The second-order valence-electron chi connectivity index (χ2n) is 7.99. The molecule has 0 fully saturated rings. The maximum atomic E-state index is 12.9. The topological polar surface area (TPSA) is 154 Å². The van der Waals surface area contributed by atoms with Crippen molar-refractivity contribution in [2.45, 2.75) is 13.1 Å². The zero-order valence-corrected chi connectivity index (χ0v) is 18.9. The Morgan fingerprint density at radius 2 is 1.89 bits per heavy atom. The highest BCUT2D eigenvalue weighted by molar-refractivity contribution is 5.93. The first kappa shape index (κ1) is 22.7. The van der Waals surface area contributed by atoms with Gasteiger partial charge in [0.05, 0.1) is 29.9 Å². The number of aromatic nitrogens is 6. The van der Waals surface area contributed by atoms with E-state index in [0.717, 1.165) is 11.1 Å². The summed E-state index contributed by atoms with van der Waals surface area (Å²) in [5, 5.41) is 25.1. The largest absolute Gasteiger partial charge is 0.349 e. The summed E-state index contributed by atoms with van der Waals surface area (Å²) in [5.74, 6) is -0.306. The lowest BCUT2D eigenvalue weighted by Crippen LogP contribution is -2.28. The van der Waals surface area contributed by atoms with Crippen LogP contribution in [-0.2, 0) is 13.1 Å². The zero-order chi connectivity index (χ0) is 25.1. The normalized spacial score (nSPS) is 11.0. The van der Waals surface area contributed by atoms with Gasteiger partial charge >= 0.3 is 0 Å². The highest BCUT2D eigenvalue weighted by atomic mass is 16.6. The predicted octanol–water partition coefficient (Wildman–Crippen LogP) is 2.37. The molecule has 0 spiro atoms. The van der Waals surface area contributed by atoms with E-state index in [0.29, 0.717) is 29.0 Å². The summed E-state index contributed by atoms with van der Waals surface area (Å²) in [4.78, 5) is 40.1. The molecule has 3 aromatic heterocycles. The average Bonchev–Trinajstić information content (AvgIpc) is 3.55. The van der Waals surface area contributed by atoms with Crippen LogP contribution >= 0.6 is 0 Å². The third kappa shape index (κ3) is 4.59. The lowest BCUT2D eigenvalue weighted by Gasteiger charge is -2.07. The second-order valence-corrected chi connectivity index (χ2v) is 7.99. The number of hydrogen-bond donors (Lipinski definition) is 2. The SMILES string of the molecule is O=C(NCCn1ncc2c(=O)n(Cc3ccc([N+](=O)[O-])cc3)cnc21)c1cc(-c2ccccc2)n[nH]1. The van der Waals surface area contributed by atoms with Crippen molar-refractivity contribution in [2.24, 2.45) is 0 Å². The number of fused-ring (bicyclic) bond motifs is 1. The van der Waals surface area contributed by atoms with Crippen molar-refractivity contribution in [3.8, 4) is 11.3 Å². The van der Waals surface area contributed by atoms with Gasteiger partial charge < -0.3 is 5.32 Å². The van der Waals surface area contributed by atoms with E-state index in [1.807, 2.05) is 30.3 Å². The highest BCUT2D eigenvalue weighted by Gasteiger charge is 2.13. The molecule has 5 aromatic rings. The van der Waals surface area contributed by atoms with Gasteiger partial charge in [-0.15, -0.1) is 0 Å². The molecule has 180 valence electrons. The first-order chi connectivity index (χ1) is 17.5. The van der Waals surface area contributed by atoms with Gasteiger partial charge in [-0.25, -0.2) is 9.67 Å². The Labute approximate surface area is 203 Å². The van der Waals surface area contributed by atoms with Crippen molar-refractivity contribution in [2.75, 3.05) is 6.54 Å². The standard InChI is InChI=1S/C24H20N8O4/c33-23(21-12-20(28-29-21)17-4-2-1-3-5-17)25-10-11-31-22-19(13-27-31)24(34)30(15-26-22)14-16-6-8-18(9-7-16)32(35)36/h1-9,12-13,15H,10-11,14H2,(H,25,33)(H,28,29). The number of benzene rings is 2. The maximum absolute atomic E-state index is 12.9. The van der Waals surface area contributed by atoms with Gasteiger partial charge in [-0.1, -0.05) is 42.5 Å². The molecule has 0 unspecified atom stereocenters. The van der Waals surface area contributed by atoms with Crippen LogP contribution in [0.5, 0.6) is 0 Å². The van der Waals surface area contributed by atoms with Crippen LogP contribution in [-0.4, -0.2) is 46.9 Å². The van der Waals surface area contributed by atoms with Gasteiger partial charge in [-0.2, -0.15) is 10.2 Å². The van der Waals surface area contributed by atoms with E-state index < -0.39 is 4.92 Å². The molecule has 12 heteroatoms. The molecule has 0 aliphatic heterocycles. The van der Waals surface area contributed by atoms with Crippen molar-refractivity contribution in [3.63, 3.8) is 0 Å². The molecule has 2 aromatic carbocycles. The van der Waals surface area contributed by atoms with Crippen LogP contribution in [0.4, 0.5) is 5.69 Å². The molecule has 36 heavy (non-hydrogen) atoms. The van der Waals surface area contributed by atoms with Gasteiger partial charge in [0.2, 0.25) is 0 Å². The minimum atomic E-state index is -0.475. The molecular formula is C24H20N8O4. The molecule has 0 saturated heterocycles. The quantitative estimate of drug-likeness (QED) is 0.253. The summed E-state index contributed by atoms with van der Waals surface area (Å²) in [6, 6.07) is 17.2. The van der Waals surface area contributed by atoms with Crippen molar-refractivity contribution >= 4 is 22.6 Å². The molecule has 0 bridgehead atoms. The Balaban J connectivity index is 1.23. The van der Waals surface area contributed by atoms with Crippen molar-refractivity contribution in [1.29, 1.82) is 0 Å². The smallest absolute Gasteiger partial charge is 0.269 e. The summed E-state index contributed by atoms with van der Waals surface area (Å²) in [7, 11) is 0. The number of aromatic amines is 1. The van der Waals surface area contributed by atoms with E-state index in [4.69, 9.17) is 0 Å². The van der Waals surface area contributed by atoms with E-state index in [2.05, 4.69) is 25.6 Å². The number of nitrogens with zero attached hydrogens (tertiary/aromatic N) is 6. The minimum absolute atomic E-state index is 0.0165. The third-order valence-electron chi connectivity index (χ3n) is 5.62. The number of rotatable bonds is 8. The monoisotopic (exact) mass is 484 g/mol. The number of nitro benzene ring substituents is 1. The Morgan fingerprint density at radius 1 is 1.11 bits per heavy atom. The molecule has 0 atom stereocenters. The number of nitrogens with one attached hydrogen (secondary N) is 2. The molecule has 0 saturated carbocycles. The number of carbonyl (C=O) groups excluding carboxylic acids is 1. The van der Waals surface area contributed by atoms with Crippen molar-refractivity contribution < 1.29 is 9.72 Å². The summed E-state index contributed by atoms with van der Waals surface area (Å²) < 4.78 is 2.97. The average molecular weight is 484 g/mol. The number of carbonyl (C=O) groups is 1. The lowest BCUT2D eigenvalue weighted by atomic mass is 10.1. The Hall–Kier alpha value is -5.13.